The molecule has 4 aliphatic carbocycles. The molecule has 0 radical (unpaired) electrons. The van der Waals surface area contributed by atoms with Crippen molar-refractivity contribution in [1.82, 2.24) is 0 Å². The normalized spacial score (nSPS) is 28.4. The Kier molecular flexibility index (Phi) is 7.30. The number of aliphatic carboxylic acids is 1. The summed E-state index contributed by atoms with van der Waals surface area (Å²) in [6.07, 6.45) is 17.6. The molecule has 0 aliphatic heterocycles. The molecule has 0 saturated heterocycles. The number of hydrogen-bond acceptors (Lipinski definition) is 3. The minimum Gasteiger partial charge on any atom is -0.496 e. The fourth-order valence-corrected chi connectivity index (χ4v) is 7.05. The van der Waals surface area contributed by atoms with Crippen molar-refractivity contribution in [1.29, 1.82) is 0 Å². The highest BCUT2D eigenvalue weighted by atomic mass is 16.5. The van der Waals surface area contributed by atoms with Gasteiger partial charge in [0.2, 0.25) is 0 Å². The van der Waals surface area contributed by atoms with E-state index < -0.39 is 5.97 Å². The van der Waals surface area contributed by atoms with E-state index in [1.54, 1.807) is 19.3 Å². The van der Waals surface area contributed by atoms with Gasteiger partial charge >= 0.3 is 5.97 Å². The zero-order chi connectivity index (χ0) is 25.2. The minimum absolute atomic E-state index is 0.0537. The minimum atomic E-state index is -0.998. The molecule has 1 N–H and O–H groups in total. The summed E-state index contributed by atoms with van der Waals surface area (Å²) >= 11 is 0. The van der Waals surface area contributed by atoms with Crippen LogP contribution in [0.1, 0.15) is 63.5 Å². The number of hydrogen-bond donors (Lipinski definition) is 1. The van der Waals surface area contributed by atoms with Crippen LogP contribution in [0, 0.1) is 17.8 Å². The van der Waals surface area contributed by atoms with Crippen LogP contribution >= 0.6 is 0 Å². The van der Waals surface area contributed by atoms with Gasteiger partial charge in [-0.1, -0.05) is 42.5 Å². The second kappa shape index (κ2) is 10.2. The van der Waals surface area contributed by atoms with Gasteiger partial charge in [0, 0.05) is 11.6 Å². The third-order valence-corrected chi connectivity index (χ3v) is 8.00. The number of methoxy groups -OCH3 is 1. The summed E-state index contributed by atoms with van der Waals surface area (Å²) in [4.78, 5) is 22.7. The van der Waals surface area contributed by atoms with Crippen molar-refractivity contribution in [2.24, 2.45) is 17.8 Å². The van der Waals surface area contributed by atoms with Crippen LogP contribution in [0.3, 0.4) is 0 Å². The topological polar surface area (TPSA) is 63.6 Å². The van der Waals surface area contributed by atoms with Crippen LogP contribution in [-0.2, 0) is 15.0 Å². The molecule has 4 aliphatic rings. The summed E-state index contributed by atoms with van der Waals surface area (Å²) in [6, 6.07) is 6.40. The van der Waals surface area contributed by atoms with Crippen LogP contribution < -0.4 is 4.74 Å². The number of rotatable bonds is 9. The summed E-state index contributed by atoms with van der Waals surface area (Å²) in [7, 11) is 1.76. The molecule has 184 valence electrons. The number of ether oxygens (including phenoxy) is 1. The molecule has 4 fully saturated rings. The highest BCUT2D eigenvalue weighted by Gasteiger charge is 2.52. The first-order chi connectivity index (χ1) is 16.7. The van der Waals surface area contributed by atoms with Crippen LogP contribution in [0.4, 0.5) is 0 Å². The Hall–Kier alpha value is -3.14. The van der Waals surface area contributed by atoms with E-state index in [2.05, 4.69) is 24.8 Å². The van der Waals surface area contributed by atoms with E-state index >= 15 is 0 Å². The fraction of sp³-hybridized carbons (Fsp3) is 0.419. The van der Waals surface area contributed by atoms with E-state index in [1.165, 1.54) is 57.1 Å². The zero-order valence-electron chi connectivity index (χ0n) is 21.0. The molecule has 4 bridgehead atoms. The maximum absolute atomic E-state index is 11.7. The standard InChI is InChI=1S/C31H36O4/c1-5-27(25(8-7-21(3)32)12-20(2)6-11-30(33)34)26-9-10-29(35-4)28(16-26)31-17-22-13-23(18-31)15-24(14-22)19-31/h5-12,16,22-24H,1,13-15,17-19H2,2-4H3,(H,33,34)/b8-7-,11-6+,20-12+,27-25+. The third kappa shape index (κ3) is 5.42. The quantitative estimate of drug-likeness (QED) is 0.316. The van der Waals surface area contributed by atoms with E-state index in [9.17, 15) is 9.59 Å². The van der Waals surface area contributed by atoms with E-state index in [0.717, 1.165) is 51.9 Å². The molecule has 0 spiro atoms. The van der Waals surface area contributed by atoms with Gasteiger partial charge in [0.1, 0.15) is 5.75 Å². The highest BCUT2D eigenvalue weighted by Crippen LogP contribution is 2.62. The number of allylic oxidation sites excluding steroid dienone is 8. The van der Waals surface area contributed by atoms with Crippen molar-refractivity contribution in [2.75, 3.05) is 7.11 Å². The number of carbonyl (C=O) groups excluding carboxylic acids is 1. The lowest BCUT2D eigenvalue weighted by Crippen LogP contribution is -2.48. The van der Waals surface area contributed by atoms with Crippen molar-refractivity contribution in [3.8, 4) is 5.75 Å². The highest BCUT2D eigenvalue weighted by molar-refractivity contribution is 5.89. The largest absolute Gasteiger partial charge is 0.496 e. The van der Waals surface area contributed by atoms with Gasteiger partial charge in [0.15, 0.2) is 5.78 Å². The van der Waals surface area contributed by atoms with Gasteiger partial charge in [-0.05, 0) is 110 Å². The van der Waals surface area contributed by atoms with Crippen molar-refractivity contribution >= 4 is 17.3 Å². The molecular weight excluding hydrogens is 436 g/mol. The van der Waals surface area contributed by atoms with Crippen LogP contribution in [0.25, 0.3) is 5.57 Å². The van der Waals surface area contributed by atoms with Gasteiger partial charge < -0.3 is 9.84 Å². The molecule has 0 amide bonds. The third-order valence-electron chi connectivity index (χ3n) is 8.00. The number of carboxylic acids is 1. The summed E-state index contributed by atoms with van der Waals surface area (Å²) in [5, 5.41) is 8.99. The van der Waals surface area contributed by atoms with Gasteiger partial charge in [-0.3, -0.25) is 4.79 Å². The molecule has 0 unspecified atom stereocenters. The Morgan fingerprint density at radius 1 is 1.00 bits per heavy atom. The van der Waals surface area contributed by atoms with Crippen molar-refractivity contribution in [2.45, 2.75) is 57.8 Å². The summed E-state index contributed by atoms with van der Waals surface area (Å²) in [5.41, 5.74) is 4.99. The van der Waals surface area contributed by atoms with E-state index in [-0.39, 0.29) is 11.2 Å². The number of carboxylic acid groups (broad SMARTS) is 1. The van der Waals surface area contributed by atoms with Gasteiger partial charge in [0.25, 0.3) is 0 Å². The van der Waals surface area contributed by atoms with Crippen LogP contribution in [0.5, 0.6) is 5.75 Å². The maximum Gasteiger partial charge on any atom is 0.328 e. The molecule has 1 aromatic rings. The van der Waals surface area contributed by atoms with Gasteiger partial charge in [0.05, 0.1) is 7.11 Å². The Balaban J connectivity index is 1.82. The lowest BCUT2D eigenvalue weighted by atomic mass is 9.48. The first kappa shape index (κ1) is 25.0. The summed E-state index contributed by atoms with van der Waals surface area (Å²) in [6.45, 7) is 7.44. The van der Waals surface area contributed by atoms with E-state index in [4.69, 9.17) is 9.84 Å². The van der Waals surface area contributed by atoms with Crippen molar-refractivity contribution < 1.29 is 19.4 Å². The lowest BCUT2D eigenvalue weighted by Gasteiger charge is -2.57. The van der Waals surface area contributed by atoms with Crippen molar-refractivity contribution in [3.63, 3.8) is 0 Å². The van der Waals surface area contributed by atoms with Crippen LogP contribution in [0.15, 0.2) is 72.4 Å². The molecule has 0 heterocycles. The molecule has 0 atom stereocenters. The number of ketones is 1. The molecular formula is C31H36O4. The SMILES string of the molecule is C=C/C(=C(/C=C\C(C)=O)\C=C(C)\C=C\C(=O)O)c1ccc(OC)c(C23CC4CC(CC(C4)C2)C3)c1. The van der Waals surface area contributed by atoms with Gasteiger partial charge in [-0.15, -0.1) is 0 Å². The Morgan fingerprint density at radius 2 is 1.63 bits per heavy atom. The Bertz CT molecular complexity index is 1110. The molecule has 1 aromatic carbocycles. The Labute approximate surface area is 208 Å². The van der Waals surface area contributed by atoms with Crippen molar-refractivity contribution in [3.05, 3.63) is 83.5 Å². The fourth-order valence-electron chi connectivity index (χ4n) is 7.05. The zero-order valence-corrected chi connectivity index (χ0v) is 21.0. The van der Waals surface area contributed by atoms with Gasteiger partial charge in [-0.25, -0.2) is 4.79 Å². The average molecular weight is 473 g/mol. The first-order valence-electron chi connectivity index (χ1n) is 12.6. The summed E-state index contributed by atoms with van der Waals surface area (Å²) < 4.78 is 5.88. The maximum atomic E-state index is 11.7. The monoisotopic (exact) mass is 472 g/mol. The second-order valence-electron chi connectivity index (χ2n) is 10.7. The predicted octanol–water partition coefficient (Wildman–Crippen LogP) is 6.83. The lowest BCUT2D eigenvalue weighted by molar-refractivity contribution is -0.131. The average Bonchev–Trinajstić information content (AvgIpc) is 2.80. The number of benzene rings is 1. The molecule has 4 nitrogen and oxygen atoms in total. The molecule has 35 heavy (non-hydrogen) atoms. The molecule has 5 rings (SSSR count). The second-order valence-corrected chi connectivity index (χ2v) is 10.7. The van der Waals surface area contributed by atoms with Gasteiger partial charge in [-0.2, -0.15) is 0 Å². The Morgan fingerprint density at radius 3 is 2.14 bits per heavy atom. The van der Waals surface area contributed by atoms with E-state index in [0.29, 0.717) is 0 Å². The smallest absolute Gasteiger partial charge is 0.328 e. The first-order valence-corrected chi connectivity index (χ1v) is 12.6. The summed E-state index contributed by atoms with van der Waals surface area (Å²) in [5.74, 6) is 2.37. The predicted molar refractivity (Wildman–Crippen MR) is 140 cm³/mol. The number of carbonyl (C=O) groups is 2. The van der Waals surface area contributed by atoms with E-state index in [1.807, 2.05) is 19.1 Å². The van der Waals surface area contributed by atoms with Crippen LogP contribution in [0.2, 0.25) is 0 Å². The van der Waals surface area contributed by atoms with Crippen LogP contribution in [-0.4, -0.2) is 24.0 Å². The molecule has 4 heteroatoms. The molecule has 0 aromatic heterocycles. The molecule has 4 saturated carbocycles.